The molecule has 1 atom stereocenters. The highest BCUT2D eigenvalue weighted by molar-refractivity contribution is 5.15. The van der Waals surface area contributed by atoms with E-state index in [9.17, 15) is 8.78 Å². The molecule has 2 rings (SSSR count). The van der Waals surface area contributed by atoms with E-state index < -0.39 is 5.92 Å². The number of fused-ring (bicyclic) bond motifs is 1. The lowest BCUT2D eigenvalue weighted by molar-refractivity contribution is -0.0269. The van der Waals surface area contributed by atoms with Gasteiger partial charge in [0, 0.05) is 6.42 Å². The molecule has 3 nitrogen and oxygen atoms in total. The molecule has 0 saturated carbocycles. The summed E-state index contributed by atoms with van der Waals surface area (Å²) in [5, 5.41) is 9.69. The van der Waals surface area contributed by atoms with Gasteiger partial charge in [0.15, 0.2) is 5.69 Å². The van der Waals surface area contributed by atoms with E-state index in [-0.39, 0.29) is 12.1 Å². The molecule has 1 aliphatic rings. The number of rotatable bonds is 1. The van der Waals surface area contributed by atoms with Crippen LogP contribution in [0.5, 0.6) is 0 Å². The largest absolute Gasteiger partial charge is 0.293 e. The van der Waals surface area contributed by atoms with Crippen LogP contribution in [0.4, 0.5) is 8.78 Å². The second-order valence-corrected chi connectivity index (χ2v) is 4.17. The summed E-state index contributed by atoms with van der Waals surface area (Å²) in [4.78, 5) is 0. The number of aromatic nitrogens is 3. The molecule has 0 amide bonds. The molecule has 1 heterocycles. The molecule has 0 bridgehead atoms. The summed E-state index contributed by atoms with van der Waals surface area (Å²) in [5.41, 5.74) is 0.301. The van der Waals surface area contributed by atoms with Gasteiger partial charge in [0.2, 0.25) is 0 Å². The number of hydrogen-bond donors (Lipinski definition) is 1. The summed E-state index contributed by atoms with van der Waals surface area (Å²) in [6.45, 7) is 2.05. The molecule has 0 spiro atoms. The Hall–Kier alpha value is -1.00. The fourth-order valence-corrected chi connectivity index (χ4v) is 2.12. The van der Waals surface area contributed by atoms with E-state index in [4.69, 9.17) is 0 Å². The third-order valence-corrected chi connectivity index (χ3v) is 3.20. The van der Waals surface area contributed by atoms with Gasteiger partial charge in [-0.05, 0) is 25.2 Å². The number of aromatic amines is 1. The highest BCUT2D eigenvalue weighted by Gasteiger charge is 2.38. The van der Waals surface area contributed by atoms with Gasteiger partial charge in [-0.3, -0.25) is 0 Å². The Morgan fingerprint density at radius 2 is 2.20 bits per heavy atom. The minimum atomic E-state index is -2.81. The van der Waals surface area contributed by atoms with E-state index in [0.717, 1.165) is 12.8 Å². The third kappa shape index (κ3) is 2.01. The number of H-pyrrole nitrogens is 1. The molecule has 5 heteroatoms. The first kappa shape index (κ1) is 10.5. The standard InChI is InChI=1S/C10H15F2N3/c1-2-7-3-4-8-9(14-15-13-8)10(11,12)6-5-7/h7H,2-6H2,1H3,(H,13,14,15). The normalized spacial score (nSPS) is 25.4. The highest BCUT2D eigenvalue weighted by Crippen LogP contribution is 2.38. The number of hydrogen-bond acceptors (Lipinski definition) is 2. The van der Waals surface area contributed by atoms with E-state index in [1.165, 1.54) is 0 Å². The number of halogens is 2. The predicted octanol–water partition coefficient (Wildman–Crippen LogP) is 2.65. The summed E-state index contributed by atoms with van der Waals surface area (Å²) in [7, 11) is 0. The van der Waals surface area contributed by atoms with E-state index >= 15 is 0 Å². The lowest BCUT2D eigenvalue weighted by Crippen LogP contribution is -2.21. The van der Waals surface area contributed by atoms with Crippen molar-refractivity contribution in [3.05, 3.63) is 11.4 Å². The molecule has 1 aliphatic carbocycles. The number of nitrogens with one attached hydrogen (secondary N) is 1. The van der Waals surface area contributed by atoms with Crippen LogP contribution in [0, 0.1) is 5.92 Å². The third-order valence-electron chi connectivity index (χ3n) is 3.20. The molecule has 0 aromatic carbocycles. The molecular formula is C10H15F2N3. The quantitative estimate of drug-likeness (QED) is 0.782. The Morgan fingerprint density at radius 1 is 1.40 bits per heavy atom. The van der Waals surface area contributed by atoms with E-state index in [2.05, 4.69) is 15.4 Å². The van der Waals surface area contributed by atoms with Crippen molar-refractivity contribution in [3.8, 4) is 0 Å². The predicted molar refractivity (Wildman–Crippen MR) is 51.6 cm³/mol. The molecule has 15 heavy (non-hydrogen) atoms. The molecule has 1 unspecified atom stereocenters. The number of nitrogens with zero attached hydrogens (tertiary/aromatic N) is 2. The lowest BCUT2D eigenvalue weighted by atomic mass is 9.88. The minimum absolute atomic E-state index is 0.106. The van der Waals surface area contributed by atoms with Crippen LogP contribution in [0.3, 0.4) is 0 Å². The number of aryl methyl sites for hydroxylation is 1. The van der Waals surface area contributed by atoms with Crippen LogP contribution >= 0.6 is 0 Å². The van der Waals surface area contributed by atoms with Crippen molar-refractivity contribution in [3.63, 3.8) is 0 Å². The zero-order valence-electron chi connectivity index (χ0n) is 8.76. The molecule has 0 aliphatic heterocycles. The second-order valence-electron chi connectivity index (χ2n) is 4.17. The van der Waals surface area contributed by atoms with Gasteiger partial charge >= 0.3 is 0 Å². The molecule has 1 N–H and O–H groups in total. The van der Waals surface area contributed by atoms with E-state index in [0.29, 0.717) is 24.5 Å². The van der Waals surface area contributed by atoms with Crippen LogP contribution in [-0.4, -0.2) is 15.4 Å². The van der Waals surface area contributed by atoms with Crippen molar-refractivity contribution in [1.82, 2.24) is 15.4 Å². The smallest absolute Gasteiger partial charge is 0.199 e. The zero-order valence-corrected chi connectivity index (χ0v) is 8.76. The lowest BCUT2D eigenvalue weighted by Gasteiger charge is -2.22. The van der Waals surface area contributed by atoms with Gasteiger partial charge in [-0.25, -0.2) is 0 Å². The molecule has 0 radical (unpaired) electrons. The first-order chi connectivity index (χ1) is 7.13. The van der Waals surface area contributed by atoms with Crippen molar-refractivity contribution in [2.75, 3.05) is 0 Å². The topological polar surface area (TPSA) is 41.6 Å². The van der Waals surface area contributed by atoms with Crippen LogP contribution in [0.2, 0.25) is 0 Å². The Labute approximate surface area is 87.3 Å². The first-order valence-electron chi connectivity index (χ1n) is 5.41. The maximum atomic E-state index is 13.7. The molecule has 0 fully saturated rings. The van der Waals surface area contributed by atoms with E-state index in [1.807, 2.05) is 6.92 Å². The van der Waals surface area contributed by atoms with Gasteiger partial charge in [0.1, 0.15) is 0 Å². The van der Waals surface area contributed by atoms with Crippen LogP contribution in [0.1, 0.15) is 44.0 Å². The molecule has 1 aromatic rings. The van der Waals surface area contributed by atoms with Gasteiger partial charge in [0.25, 0.3) is 5.92 Å². The maximum Gasteiger partial charge on any atom is 0.293 e. The van der Waals surface area contributed by atoms with Crippen LogP contribution in [0.25, 0.3) is 0 Å². The fourth-order valence-electron chi connectivity index (χ4n) is 2.12. The average molecular weight is 215 g/mol. The van der Waals surface area contributed by atoms with Crippen molar-refractivity contribution < 1.29 is 8.78 Å². The summed E-state index contributed by atoms with van der Waals surface area (Å²) >= 11 is 0. The van der Waals surface area contributed by atoms with Crippen LogP contribution in [-0.2, 0) is 12.3 Å². The molecule has 84 valence electrons. The van der Waals surface area contributed by atoms with Gasteiger partial charge in [-0.2, -0.15) is 24.2 Å². The summed E-state index contributed by atoms with van der Waals surface area (Å²) in [6.07, 6.45) is 2.98. The Morgan fingerprint density at radius 3 is 2.93 bits per heavy atom. The second kappa shape index (κ2) is 3.87. The van der Waals surface area contributed by atoms with Crippen LogP contribution in [0.15, 0.2) is 0 Å². The van der Waals surface area contributed by atoms with Crippen molar-refractivity contribution in [2.24, 2.45) is 5.92 Å². The van der Waals surface area contributed by atoms with Crippen LogP contribution < -0.4 is 0 Å². The zero-order chi connectivity index (χ0) is 10.9. The van der Waals surface area contributed by atoms with Gasteiger partial charge < -0.3 is 0 Å². The SMILES string of the molecule is CCC1CCc2n[nH]nc2C(F)(F)CC1. The maximum absolute atomic E-state index is 13.7. The molecular weight excluding hydrogens is 200 g/mol. The first-order valence-corrected chi connectivity index (χ1v) is 5.41. The van der Waals surface area contributed by atoms with Gasteiger partial charge in [-0.1, -0.05) is 13.3 Å². The highest BCUT2D eigenvalue weighted by atomic mass is 19.3. The Bertz CT molecular complexity index is 335. The Balaban J connectivity index is 2.26. The van der Waals surface area contributed by atoms with Gasteiger partial charge in [0.05, 0.1) is 5.69 Å². The summed E-state index contributed by atoms with van der Waals surface area (Å²) in [6, 6.07) is 0. The monoisotopic (exact) mass is 215 g/mol. The molecule has 0 saturated heterocycles. The summed E-state index contributed by atoms with van der Waals surface area (Å²) in [5.74, 6) is -2.42. The molecule has 1 aromatic heterocycles. The van der Waals surface area contributed by atoms with Crippen molar-refractivity contribution in [1.29, 1.82) is 0 Å². The van der Waals surface area contributed by atoms with Crippen molar-refractivity contribution >= 4 is 0 Å². The van der Waals surface area contributed by atoms with Crippen molar-refractivity contribution in [2.45, 2.75) is 45.0 Å². The Kier molecular flexibility index (Phi) is 2.71. The van der Waals surface area contributed by atoms with E-state index in [1.54, 1.807) is 0 Å². The average Bonchev–Trinajstić information content (AvgIpc) is 2.64. The number of alkyl halides is 2. The fraction of sp³-hybridized carbons (Fsp3) is 0.800. The van der Waals surface area contributed by atoms with Gasteiger partial charge in [-0.15, -0.1) is 0 Å². The minimum Gasteiger partial charge on any atom is -0.199 e. The summed E-state index contributed by atoms with van der Waals surface area (Å²) < 4.78 is 27.3.